The van der Waals surface area contributed by atoms with E-state index in [4.69, 9.17) is 4.74 Å². The van der Waals surface area contributed by atoms with Gasteiger partial charge in [0.2, 0.25) is 0 Å². The molecule has 1 aromatic carbocycles. The van der Waals surface area contributed by atoms with Crippen molar-refractivity contribution >= 4 is 22.6 Å². The first-order valence-corrected chi connectivity index (χ1v) is 6.50. The molecular formula is C13H19IO. The van der Waals surface area contributed by atoms with E-state index in [0.29, 0.717) is 6.61 Å². The molecule has 0 spiro atoms. The van der Waals surface area contributed by atoms with Gasteiger partial charge in [-0.2, -0.15) is 0 Å². The molecule has 1 rings (SSSR count). The number of halogens is 1. The molecule has 0 aliphatic heterocycles. The number of hydrogen-bond acceptors (Lipinski definition) is 1. The molecule has 0 fully saturated rings. The highest BCUT2D eigenvalue weighted by Crippen LogP contribution is 2.19. The zero-order valence-electron chi connectivity index (χ0n) is 9.72. The molecule has 0 aliphatic carbocycles. The molecule has 0 unspecified atom stereocenters. The Bertz CT molecular complexity index is 307. The van der Waals surface area contributed by atoms with Crippen LogP contribution in [0, 0.1) is 3.57 Å². The predicted molar refractivity (Wildman–Crippen MR) is 72.9 cm³/mol. The maximum absolute atomic E-state index is 5.91. The van der Waals surface area contributed by atoms with Crippen molar-refractivity contribution in [3.8, 4) is 0 Å². The van der Waals surface area contributed by atoms with Crippen LogP contribution >= 0.6 is 22.6 Å². The zero-order chi connectivity index (χ0) is 11.3. The summed E-state index contributed by atoms with van der Waals surface area (Å²) in [5, 5.41) is 0. The van der Waals surface area contributed by atoms with Gasteiger partial charge in [0.1, 0.15) is 0 Å². The zero-order valence-corrected chi connectivity index (χ0v) is 11.9. The van der Waals surface area contributed by atoms with Crippen molar-refractivity contribution in [2.75, 3.05) is 0 Å². The summed E-state index contributed by atoms with van der Waals surface area (Å²) < 4.78 is 7.17. The fraction of sp³-hybridized carbons (Fsp3) is 0.538. The lowest BCUT2D eigenvalue weighted by molar-refractivity contribution is -0.0353. The predicted octanol–water partition coefficient (Wildman–Crippen LogP) is 4.39. The minimum Gasteiger partial charge on any atom is -0.371 e. The summed E-state index contributed by atoms with van der Waals surface area (Å²) in [5.74, 6) is 0. The monoisotopic (exact) mass is 318 g/mol. The number of benzene rings is 1. The minimum atomic E-state index is -0.00394. The number of ether oxygens (including phenoxy) is 1. The van der Waals surface area contributed by atoms with E-state index in [1.54, 1.807) is 0 Å². The first-order chi connectivity index (χ1) is 7.03. The normalized spacial score (nSPS) is 11.7. The Morgan fingerprint density at radius 1 is 1.33 bits per heavy atom. The van der Waals surface area contributed by atoms with Gasteiger partial charge in [0.25, 0.3) is 0 Å². The van der Waals surface area contributed by atoms with Crippen LogP contribution in [0.2, 0.25) is 0 Å². The summed E-state index contributed by atoms with van der Waals surface area (Å²) in [6, 6.07) is 8.46. The summed E-state index contributed by atoms with van der Waals surface area (Å²) in [5.41, 5.74) is 1.25. The summed E-state index contributed by atoms with van der Waals surface area (Å²) in [6.45, 7) is 7.22. The second-order valence-electron chi connectivity index (χ2n) is 4.43. The van der Waals surface area contributed by atoms with Gasteiger partial charge in [-0.15, -0.1) is 0 Å². The highest BCUT2D eigenvalue weighted by Gasteiger charge is 2.16. The van der Waals surface area contributed by atoms with Crippen LogP contribution in [0.25, 0.3) is 0 Å². The van der Waals surface area contributed by atoms with Gasteiger partial charge in [-0.05, 0) is 60.6 Å². The summed E-state index contributed by atoms with van der Waals surface area (Å²) in [7, 11) is 0. The molecule has 0 atom stereocenters. The third-order valence-electron chi connectivity index (χ3n) is 2.37. The average molecular weight is 318 g/mol. The minimum absolute atomic E-state index is 0.00394. The summed E-state index contributed by atoms with van der Waals surface area (Å²) in [4.78, 5) is 0. The van der Waals surface area contributed by atoms with Gasteiger partial charge in [0.15, 0.2) is 0 Å². The molecule has 1 aromatic rings. The number of rotatable bonds is 5. The van der Waals surface area contributed by atoms with E-state index < -0.39 is 0 Å². The van der Waals surface area contributed by atoms with E-state index in [9.17, 15) is 0 Å². The molecule has 0 amide bonds. The molecule has 0 bridgehead atoms. The van der Waals surface area contributed by atoms with Crippen LogP contribution in [0.4, 0.5) is 0 Å². The van der Waals surface area contributed by atoms with E-state index >= 15 is 0 Å². The molecule has 1 nitrogen and oxygen atoms in total. The van der Waals surface area contributed by atoms with Crippen molar-refractivity contribution < 1.29 is 4.74 Å². The molecule has 0 aromatic heterocycles. The van der Waals surface area contributed by atoms with Gasteiger partial charge in [-0.25, -0.2) is 0 Å². The van der Waals surface area contributed by atoms with Gasteiger partial charge in [0, 0.05) is 3.57 Å². The smallest absolute Gasteiger partial charge is 0.0724 e. The Hall–Kier alpha value is -0.0900. The Balaban J connectivity index is 2.49. The van der Waals surface area contributed by atoms with Gasteiger partial charge in [-0.3, -0.25) is 0 Å². The van der Waals surface area contributed by atoms with Crippen LogP contribution in [0.1, 0.15) is 39.2 Å². The molecule has 0 radical (unpaired) electrons. The molecule has 84 valence electrons. The quantitative estimate of drug-likeness (QED) is 0.732. The molecule has 0 aliphatic rings. The molecule has 2 heteroatoms. The third kappa shape index (κ3) is 4.98. The molecule has 0 saturated carbocycles. The highest BCUT2D eigenvalue weighted by molar-refractivity contribution is 14.1. The highest BCUT2D eigenvalue weighted by atomic mass is 127. The van der Waals surface area contributed by atoms with E-state index in [1.165, 1.54) is 15.6 Å². The van der Waals surface area contributed by atoms with Crippen molar-refractivity contribution in [3.63, 3.8) is 0 Å². The first kappa shape index (κ1) is 13.0. The van der Waals surface area contributed by atoms with E-state index in [1.807, 2.05) is 0 Å². The Labute approximate surface area is 106 Å². The fourth-order valence-corrected chi connectivity index (χ4v) is 2.19. The molecule has 0 N–H and O–H groups in total. The Morgan fingerprint density at radius 2 is 2.07 bits per heavy atom. The molecule has 15 heavy (non-hydrogen) atoms. The maximum Gasteiger partial charge on any atom is 0.0724 e. The second kappa shape index (κ2) is 5.85. The summed E-state index contributed by atoms with van der Waals surface area (Å²) >= 11 is 2.33. The van der Waals surface area contributed by atoms with Crippen LogP contribution in [0.5, 0.6) is 0 Å². The first-order valence-electron chi connectivity index (χ1n) is 5.42. The largest absolute Gasteiger partial charge is 0.371 e. The van der Waals surface area contributed by atoms with Crippen molar-refractivity contribution in [3.05, 3.63) is 33.4 Å². The molecular weight excluding hydrogens is 299 g/mol. The van der Waals surface area contributed by atoms with Gasteiger partial charge >= 0.3 is 0 Å². The Morgan fingerprint density at radius 3 is 2.67 bits per heavy atom. The SMILES string of the molecule is CCCC(C)(C)OCc1cccc(I)c1. The van der Waals surface area contributed by atoms with Gasteiger partial charge in [0.05, 0.1) is 12.2 Å². The van der Waals surface area contributed by atoms with Crippen molar-refractivity contribution in [2.45, 2.75) is 45.8 Å². The standard InChI is InChI=1S/C13H19IO/c1-4-8-13(2,3)15-10-11-6-5-7-12(14)9-11/h5-7,9H,4,8,10H2,1-3H3. The van der Waals surface area contributed by atoms with Crippen LogP contribution in [0.15, 0.2) is 24.3 Å². The van der Waals surface area contributed by atoms with Gasteiger partial charge in [-0.1, -0.05) is 25.5 Å². The topological polar surface area (TPSA) is 9.23 Å². The second-order valence-corrected chi connectivity index (χ2v) is 5.67. The lowest BCUT2D eigenvalue weighted by atomic mass is 10.0. The van der Waals surface area contributed by atoms with Crippen LogP contribution < -0.4 is 0 Å². The van der Waals surface area contributed by atoms with Crippen LogP contribution in [0.3, 0.4) is 0 Å². The van der Waals surface area contributed by atoms with Crippen LogP contribution in [-0.2, 0) is 11.3 Å². The van der Waals surface area contributed by atoms with E-state index in [2.05, 4.69) is 67.6 Å². The molecule has 0 saturated heterocycles. The molecule has 0 heterocycles. The van der Waals surface area contributed by atoms with Crippen LogP contribution in [-0.4, -0.2) is 5.60 Å². The van der Waals surface area contributed by atoms with Crippen molar-refractivity contribution in [2.24, 2.45) is 0 Å². The average Bonchev–Trinajstić information content (AvgIpc) is 2.15. The third-order valence-corrected chi connectivity index (χ3v) is 3.04. The summed E-state index contributed by atoms with van der Waals surface area (Å²) in [6.07, 6.45) is 2.27. The van der Waals surface area contributed by atoms with E-state index in [0.717, 1.165) is 6.42 Å². The maximum atomic E-state index is 5.91. The van der Waals surface area contributed by atoms with Crippen molar-refractivity contribution in [1.82, 2.24) is 0 Å². The lowest BCUT2D eigenvalue weighted by Crippen LogP contribution is -2.23. The lowest BCUT2D eigenvalue weighted by Gasteiger charge is -2.24. The van der Waals surface area contributed by atoms with Crippen molar-refractivity contribution in [1.29, 1.82) is 0 Å². The number of hydrogen-bond donors (Lipinski definition) is 0. The Kier molecular flexibility index (Phi) is 5.06. The fourth-order valence-electron chi connectivity index (χ4n) is 1.58. The van der Waals surface area contributed by atoms with E-state index in [-0.39, 0.29) is 5.60 Å². The van der Waals surface area contributed by atoms with Gasteiger partial charge < -0.3 is 4.74 Å².